The fraction of sp³-hybridized carbons (Fsp3) is 0.273. The number of rotatable bonds is 7. The van der Waals surface area contributed by atoms with Crippen LogP contribution in [0, 0.1) is 11.6 Å². The average molecular weight is 427 g/mol. The van der Waals surface area contributed by atoms with Gasteiger partial charge in [0.2, 0.25) is 0 Å². The maximum atomic E-state index is 14.5. The third-order valence-corrected chi connectivity index (χ3v) is 6.56. The SMILES string of the molecule is C[Si](C)(C)CCOCn1cc(-c2cc(F)c3nccn3c2)c(-c2ccc(F)cc2)n1. The fourth-order valence-corrected chi connectivity index (χ4v) is 3.95. The highest BCUT2D eigenvalue weighted by molar-refractivity contribution is 6.76. The second-order valence-electron chi connectivity index (χ2n) is 8.52. The van der Waals surface area contributed by atoms with Crippen LogP contribution in [0.3, 0.4) is 0 Å². The molecule has 3 aromatic heterocycles. The van der Waals surface area contributed by atoms with Crippen LogP contribution in [0.25, 0.3) is 28.0 Å². The van der Waals surface area contributed by atoms with E-state index in [-0.39, 0.29) is 11.5 Å². The van der Waals surface area contributed by atoms with E-state index in [0.29, 0.717) is 24.6 Å². The molecule has 0 spiro atoms. The fourth-order valence-electron chi connectivity index (χ4n) is 3.19. The van der Waals surface area contributed by atoms with Gasteiger partial charge in [-0.15, -0.1) is 0 Å². The van der Waals surface area contributed by atoms with Gasteiger partial charge in [-0.3, -0.25) is 0 Å². The van der Waals surface area contributed by atoms with Gasteiger partial charge in [0, 0.05) is 56.2 Å². The van der Waals surface area contributed by atoms with Gasteiger partial charge in [-0.1, -0.05) is 19.6 Å². The van der Waals surface area contributed by atoms with Gasteiger partial charge >= 0.3 is 0 Å². The number of ether oxygens (including phenoxy) is 1. The van der Waals surface area contributed by atoms with Gasteiger partial charge in [0.25, 0.3) is 0 Å². The maximum absolute atomic E-state index is 14.5. The number of pyridine rings is 1. The number of halogens is 2. The van der Waals surface area contributed by atoms with Crippen LogP contribution in [0.4, 0.5) is 8.78 Å². The van der Waals surface area contributed by atoms with E-state index in [1.165, 1.54) is 18.2 Å². The Balaban J connectivity index is 1.69. The molecule has 1 aromatic carbocycles. The quantitative estimate of drug-likeness (QED) is 0.291. The molecule has 0 N–H and O–H groups in total. The summed E-state index contributed by atoms with van der Waals surface area (Å²) in [4.78, 5) is 4.03. The molecule has 3 heterocycles. The van der Waals surface area contributed by atoms with Crippen molar-refractivity contribution < 1.29 is 13.5 Å². The van der Waals surface area contributed by atoms with Crippen molar-refractivity contribution in [3.8, 4) is 22.4 Å². The standard InChI is InChI=1S/C22H24F2N4OSi/c1-30(2,3)11-10-29-15-28-14-19(21(26-28)16-4-6-18(23)7-5-16)17-12-20(24)22-25-8-9-27(22)13-17/h4-9,12-14H,10-11,15H2,1-3H3. The molecular weight excluding hydrogens is 402 g/mol. The number of nitrogens with zero attached hydrogens (tertiary/aromatic N) is 4. The minimum Gasteiger partial charge on any atom is -0.360 e. The van der Waals surface area contributed by atoms with Crippen molar-refractivity contribution in [2.75, 3.05) is 6.61 Å². The highest BCUT2D eigenvalue weighted by Gasteiger charge is 2.17. The van der Waals surface area contributed by atoms with Crippen LogP contribution in [0.5, 0.6) is 0 Å². The lowest BCUT2D eigenvalue weighted by molar-refractivity contribution is 0.0788. The summed E-state index contributed by atoms with van der Waals surface area (Å²) in [6.07, 6.45) is 6.90. The Bertz CT molecular complexity index is 1160. The van der Waals surface area contributed by atoms with E-state index in [9.17, 15) is 8.78 Å². The molecule has 0 aliphatic heterocycles. The topological polar surface area (TPSA) is 44.4 Å². The van der Waals surface area contributed by atoms with Gasteiger partial charge in [0.15, 0.2) is 11.5 Å². The molecule has 0 amide bonds. The van der Waals surface area contributed by atoms with Gasteiger partial charge in [-0.2, -0.15) is 5.10 Å². The lowest BCUT2D eigenvalue weighted by Crippen LogP contribution is -2.22. The lowest BCUT2D eigenvalue weighted by Gasteiger charge is -2.15. The molecule has 8 heteroatoms. The number of fused-ring (bicyclic) bond motifs is 1. The first-order valence-corrected chi connectivity index (χ1v) is 13.5. The Kier molecular flexibility index (Phi) is 5.53. The Labute approximate surface area is 175 Å². The maximum Gasteiger partial charge on any atom is 0.173 e. The average Bonchev–Trinajstić information content (AvgIpc) is 3.32. The van der Waals surface area contributed by atoms with Crippen molar-refractivity contribution in [1.82, 2.24) is 19.2 Å². The van der Waals surface area contributed by atoms with E-state index >= 15 is 0 Å². The molecular formula is C22H24F2N4OSi. The largest absolute Gasteiger partial charge is 0.360 e. The van der Waals surface area contributed by atoms with Crippen LogP contribution < -0.4 is 0 Å². The zero-order valence-corrected chi connectivity index (χ0v) is 18.3. The van der Waals surface area contributed by atoms with Crippen LogP contribution in [0.15, 0.2) is 55.1 Å². The molecule has 0 aliphatic carbocycles. The Morgan fingerprint density at radius 2 is 1.80 bits per heavy atom. The van der Waals surface area contributed by atoms with Crippen molar-refractivity contribution in [2.45, 2.75) is 32.4 Å². The number of hydrogen-bond acceptors (Lipinski definition) is 3. The summed E-state index contributed by atoms with van der Waals surface area (Å²) in [5.74, 6) is -0.734. The van der Waals surface area contributed by atoms with E-state index in [1.54, 1.807) is 33.6 Å². The van der Waals surface area contributed by atoms with Crippen LogP contribution in [-0.4, -0.2) is 33.8 Å². The van der Waals surface area contributed by atoms with Crippen molar-refractivity contribution in [3.63, 3.8) is 0 Å². The summed E-state index contributed by atoms with van der Waals surface area (Å²) in [6.45, 7) is 7.88. The third kappa shape index (κ3) is 4.49. The van der Waals surface area contributed by atoms with Crippen LogP contribution in [0.2, 0.25) is 25.7 Å². The summed E-state index contributed by atoms with van der Waals surface area (Å²) in [5, 5.41) is 4.65. The molecule has 4 aromatic rings. The van der Waals surface area contributed by atoms with Crippen molar-refractivity contribution in [3.05, 3.63) is 66.8 Å². The van der Waals surface area contributed by atoms with Gasteiger partial charge in [0.05, 0.1) is 0 Å². The van der Waals surface area contributed by atoms with E-state index in [1.807, 2.05) is 12.4 Å². The minimum absolute atomic E-state index is 0.268. The third-order valence-electron chi connectivity index (χ3n) is 4.85. The summed E-state index contributed by atoms with van der Waals surface area (Å²) in [7, 11) is -1.18. The highest BCUT2D eigenvalue weighted by atomic mass is 28.3. The predicted octanol–water partition coefficient (Wildman–Crippen LogP) is 5.46. The molecule has 0 saturated heterocycles. The Hall–Kier alpha value is -2.84. The second kappa shape index (κ2) is 8.12. The molecule has 30 heavy (non-hydrogen) atoms. The van der Waals surface area contributed by atoms with Crippen LogP contribution in [-0.2, 0) is 11.5 Å². The molecule has 0 atom stereocenters. The van der Waals surface area contributed by atoms with Gasteiger partial charge in [-0.25, -0.2) is 18.4 Å². The Morgan fingerprint density at radius 1 is 1.03 bits per heavy atom. The van der Waals surface area contributed by atoms with Gasteiger partial charge in [0.1, 0.15) is 18.2 Å². The van der Waals surface area contributed by atoms with Crippen LogP contribution in [0.1, 0.15) is 0 Å². The monoisotopic (exact) mass is 426 g/mol. The molecule has 0 fully saturated rings. The van der Waals surface area contributed by atoms with Crippen molar-refractivity contribution in [1.29, 1.82) is 0 Å². The highest BCUT2D eigenvalue weighted by Crippen LogP contribution is 2.32. The van der Waals surface area contributed by atoms with E-state index in [2.05, 4.69) is 29.7 Å². The molecule has 0 unspecified atom stereocenters. The van der Waals surface area contributed by atoms with Crippen molar-refractivity contribution in [2.24, 2.45) is 0 Å². The van der Waals surface area contributed by atoms with E-state index < -0.39 is 13.9 Å². The number of hydrogen-bond donors (Lipinski definition) is 0. The zero-order chi connectivity index (χ0) is 21.3. The molecule has 0 bridgehead atoms. The summed E-state index contributed by atoms with van der Waals surface area (Å²) < 4.78 is 37.1. The first-order chi connectivity index (χ1) is 14.3. The number of imidazole rings is 1. The predicted molar refractivity (Wildman–Crippen MR) is 116 cm³/mol. The van der Waals surface area contributed by atoms with Gasteiger partial charge < -0.3 is 9.14 Å². The smallest absolute Gasteiger partial charge is 0.173 e. The summed E-state index contributed by atoms with van der Waals surface area (Å²) in [5.41, 5.74) is 3.06. The summed E-state index contributed by atoms with van der Waals surface area (Å²) in [6, 6.07) is 8.63. The molecule has 156 valence electrons. The Morgan fingerprint density at radius 3 is 2.53 bits per heavy atom. The molecule has 5 nitrogen and oxygen atoms in total. The minimum atomic E-state index is -1.18. The molecule has 0 saturated carbocycles. The normalized spacial score (nSPS) is 12.0. The van der Waals surface area contributed by atoms with E-state index in [0.717, 1.165) is 17.2 Å². The first-order valence-electron chi connectivity index (χ1n) is 9.84. The number of aromatic nitrogens is 4. The van der Waals surface area contributed by atoms with Crippen molar-refractivity contribution >= 4 is 13.7 Å². The zero-order valence-electron chi connectivity index (χ0n) is 17.3. The summed E-state index contributed by atoms with van der Waals surface area (Å²) >= 11 is 0. The number of benzene rings is 1. The molecule has 4 rings (SSSR count). The molecule has 0 aliphatic rings. The first kappa shape index (κ1) is 20.4. The molecule has 0 radical (unpaired) electrons. The van der Waals surface area contributed by atoms with E-state index in [4.69, 9.17) is 4.74 Å². The van der Waals surface area contributed by atoms with Gasteiger partial charge in [-0.05, 0) is 36.4 Å². The second-order valence-corrected chi connectivity index (χ2v) is 14.1. The van der Waals surface area contributed by atoms with Crippen LogP contribution >= 0.6 is 0 Å². The lowest BCUT2D eigenvalue weighted by atomic mass is 10.0.